The number of imidazole rings is 1. The maximum atomic E-state index is 13.6. The van der Waals surface area contributed by atoms with Gasteiger partial charge in [0, 0.05) is 37.2 Å². The first-order valence-electron chi connectivity index (χ1n) is 18.0. The maximum absolute atomic E-state index is 13.6. The molecule has 1 fully saturated rings. The number of unbranched alkanes of at least 4 members (excludes halogenated alkanes) is 1. The summed E-state index contributed by atoms with van der Waals surface area (Å²) >= 11 is 0. The van der Waals surface area contributed by atoms with E-state index in [9.17, 15) is 4.79 Å². The molecule has 1 atom stereocenters. The predicted molar refractivity (Wildman–Crippen MR) is 195 cm³/mol. The SMILES string of the molecule is CCCCN(CCC)CCC1(c2ccccc2)CCN(C(=O)c2cc(OC)c3c(c2)OCO3)C1.CCOCCn1c(C)nc2ccccc21. The number of likely N-dealkylation sites (tertiary alicyclic amines) is 1. The van der Waals surface area contributed by atoms with Crippen LogP contribution in [0.3, 0.4) is 0 Å². The third-order valence-corrected chi connectivity index (χ3v) is 9.72. The van der Waals surface area contributed by atoms with Crippen molar-refractivity contribution in [2.24, 2.45) is 0 Å². The van der Waals surface area contributed by atoms with Crippen molar-refractivity contribution in [1.29, 1.82) is 0 Å². The van der Waals surface area contributed by atoms with Gasteiger partial charge < -0.3 is 33.3 Å². The third kappa shape index (κ3) is 8.75. The molecule has 2 aliphatic heterocycles. The van der Waals surface area contributed by atoms with Gasteiger partial charge >= 0.3 is 0 Å². The number of ether oxygens (including phenoxy) is 4. The van der Waals surface area contributed by atoms with Gasteiger partial charge in [-0.25, -0.2) is 4.98 Å². The molecule has 0 saturated carbocycles. The zero-order valence-corrected chi connectivity index (χ0v) is 30.1. The van der Waals surface area contributed by atoms with Gasteiger partial charge in [0.25, 0.3) is 5.91 Å². The van der Waals surface area contributed by atoms with Gasteiger partial charge in [0.2, 0.25) is 12.5 Å². The molecule has 3 aromatic carbocycles. The van der Waals surface area contributed by atoms with E-state index in [4.69, 9.17) is 18.9 Å². The molecular weight excluding hydrogens is 616 g/mol. The summed E-state index contributed by atoms with van der Waals surface area (Å²) in [5, 5.41) is 0. The van der Waals surface area contributed by atoms with Crippen LogP contribution in [-0.2, 0) is 16.7 Å². The summed E-state index contributed by atoms with van der Waals surface area (Å²) in [5.41, 5.74) is 4.14. The summed E-state index contributed by atoms with van der Waals surface area (Å²) in [4.78, 5) is 22.7. The normalized spacial score (nSPS) is 16.7. The van der Waals surface area contributed by atoms with E-state index >= 15 is 0 Å². The number of fused-ring (bicyclic) bond motifs is 2. The number of aryl methyl sites for hydroxylation is 1. The Morgan fingerprint density at radius 1 is 0.980 bits per heavy atom. The fourth-order valence-corrected chi connectivity index (χ4v) is 7.04. The van der Waals surface area contributed by atoms with Crippen molar-refractivity contribution in [2.45, 2.75) is 71.8 Å². The first kappa shape index (κ1) is 36.2. The zero-order valence-electron chi connectivity index (χ0n) is 30.1. The topological polar surface area (TPSA) is 78.3 Å². The summed E-state index contributed by atoms with van der Waals surface area (Å²) in [6.45, 7) is 15.9. The average Bonchev–Trinajstić information content (AvgIpc) is 3.87. The lowest BCUT2D eigenvalue weighted by molar-refractivity contribution is 0.0780. The number of methoxy groups -OCH3 is 1. The number of carbonyl (C=O) groups is 1. The maximum Gasteiger partial charge on any atom is 0.254 e. The van der Waals surface area contributed by atoms with Crippen LogP contribution in [0.2, 0.25) is 0 Å². The number of hydrogen-bond acceptors (Lipinski definition) is 7. The number of aromatic nitrogens is 2. The molecular formula is C40H54N4O5. The lowest BCUT2D eigenvalue weighted by Gasteiger charge is -2.33. The van der Waals surface area contributed by atoms with Crippen LogP contribution in [0.25, 0.3) is 11.0 Å². The van der Waals surface area contributed by atoms with Crippen molar-refractivity contribution >= 4 is 16.9 Å². The van der Waals surface area contributed by atoms with Crippen molar-refractivity contribution in [3.05, 3.63) is 83.7 Å². The molecule has 1 unspecified atom stereocenters. The van der Waals surface area contributed by atoms with Crippen molar-refractivity contribution in [1.82, 2.24) is 19.4 Å². The Bertz CT molecular complexity index is 1640. The molecule has 0 radical (unpaired) electrons. The fourth-order valence-electron chi connectivity index (χ4n) is 7.04. The Kier molecular flexibility index (Phi) is 13.0. The van der Waals surface area contributed by atoms with E-state index in [0.29, 0.717) is 22.8 Å². The lowest BCUT2D eigenvalue weighted by Crippen LogP contribution is -2.38. The van der Waals surface area contributed by atoms with Gasteiger partial charge in [0.05, 0.1) is 24.8 Å². The average molecular weight is 671 g/mol. The van der Waals surface area contributed by atoms with Gasteiger partial charge in [0.1, 0.15) is 5.82 Å². The van der Waals surface area contributed by atoms with Gasteiger partial charge in [-0.05, 0) is 89.0 Å². The van der Waals surface area contributed by atoms with Crippen LogP contribution < -0.4 is 14.2 Å². The van der Waals surface area contributed by atoms with Gasteiger partial charge in [-0.3, -0.25) is 4.79 Å². The molecule has 1 amide bonds. The minimum atomic E-state index is -0.0322. The minimum Gasteiger partial charge on any atom is -0.493 e. The summed E-state index contributed by atoms with van der Waals surface area (Å²) in [6, 6.07) is 22.5. The van der Waals surface area contributed by atoms with E-state index in [1.54, 1.807) is 19.2 Å². The van der Waals surface area contributed by atoms with Crippen LogP contribution >= 0.6 is 0 Å². The fraction of sp³-hybridized carbons (Fsp3) is 0.500. The number of para-hydroxylation sites is 2. The Labute approximate surface area is 292 Å². The molecule has 3 heterocycles. The van der Waals surface area contributed by atoms with Crippen LogP contribution in [0, 0.1) is 6.92 Å². The van der Waals surface area contributed by atoms with E-state index in [1.807, 2.05) is 36.9 Å². The second-order valence-corrected chi connectivity index (χ2v) is 13.0. The molecule has 2 aliphatic rings. The molecule has 6 rings (SSSR count). The highest BCUT2D eigenvalue weighted by Gasteiger charge is 2.41. The standard InChI is InChI=1S/C28H38N2O4.C12H16N2O/c1-4-6-15-29(14-5-2)16-12-28(23-10-8-7-9-11-23)13-17-30(20-28)27(31)22-18-24(32-3)26-25(19-22)33-21-34-26;1-3-15-9-8-14-10(2)13-11-6-4-5-7-12(11)14/h7-11,18-19H,4-6,12-17,20-21H2,1-3H3;4-7H,3,8-9H2,1-2H3. The summed E-state index contributed by atoms with van der Waals surface area (Å²) in [7, 11) is 1.59. The van der Waals surface area contributed by atoms with E-state index in [0.717, 1.165) is 76.7 Å². The minimum absolute atomic E-state index is 0.0193. The zero-order chi connectivity index (χ0) is 34.6. The van der Waals surface area contributed by atoms with E-state index < -0.39 is 0 Å². The molecule has 49 heavy (non-hydrogen) atoms. The molecule has 0 bridgehead atoms. The Morgan fingerprint density at radius 2 is 1.78 bits per heavy atom. The lowest BCUT2D eigenvalue weighted by atomic mass is 9.76. The second-order valence-electron chi connectivity index (χ2n) is 13.0. The second kappa shape index (κ2) is 17.5. The molecule has 1 aromatic heterocycles. The Balaban J connectivity index is 0.000000259. The quantitative estimate of drug-likeness (QED) is 0.121. The van der Waals surface area contributed by atoms with Crippen LogP contribution in [0.1, 0.15) is 74.6 Å². The summed E-state index contributed by atoms with van der Waals surface area (Å²) in [6.07, 6.45) is 5.63. The molecule has 0 aliphatic carbocycles. The molecule has 1 saturated heterocycles. The number of carbonyl (C=O) groups excluding carboxylic acids is 1. The molecule has 0 spiro atoms. The summed E-state index contributed by atoms with van der Waals surface area (Å²) in [5.74, 6) is 2.75. The summed E-state index contributed by atoms with van der Waals surface area (Å²) < 4.78 is 24.1. The Morgan fingerprint density at radius 3 is 2.53 bits per heavy atom. The number of benzene rings is 3. The van der Waals surface area contributed by atoms with Crippen LogP contribution in [0.15, 0.2) is 66.7 Å². The van der Waals surface area contributed by atoms with Crippen molar-refractivity contribution < 1.29 is 23.7 Å². The molecule has 9 nitrogen and oxygen atoms in total. The smallest absolute Gasteiger partial charge is 0.254 e. The van der Waals surface area contributed by atoms with Crippen molar-refractivity contribution in [3.63, 3.8) is 0 Å². The number of amides is 1. The largest absolute Gasteiger partial charge is 0.493 e. The highest BCUT2D eigenvalue weighted by Crippen LogP contribution is 2.43. The van der Waals surface area contributed by atoms with Crippen LogP contribution in [-0.4, -0.2) is 85.1 Å². The predicted octanol–water partition coefficient (Wildman–Crippen LogP) is 7.49. The Hall–Kier alpha value is -4.08. The molecule has 9 heteroatoms. The van der Waals surface area contributed by atoms with Crippen LogP contribution in [0.5, 0.6) is 17.2 Å². The van der Waals surface area contributed by atoms with E-state index in [1.165, 1.54) is 30.3 Å². The molecule has 264 valence electrons. The number of nitrogens with zero attached hydrogens (tertiary/aromatic N) is 4. The molecule has 0 N–H and O–H groups in total. The van der Waals surface area contributed by atoms with Crippen molar-refractivity contribution in [2.75, 3.05) is 59.8 Å². The van der Waals surface area contributed by atoms with Gasteiger partial charge in [-0.15, -0.1) is 0 Å². The monoisotopic (exact) mass is 670 g/mol. The first-order chi connectivity index (χ1) is 23.9. The van der Waals surface area contributed by atoms with E-state index in [2.05, 4.69) is 64.7 Å². The third-order valence-electron chi connectivity index (χ3n) is 9.72. The first-order valence-corrected chi connectivity index (χ1v) is 18.0. The highest BCUT2D eigenvalue weighted by molar-refractivity contribution is 5.96. The van der Waals surface area contributed by atoms with Gasteiger partial charge in [-0.2, -0.15) is 0 Å². The number of rotatable bonds is 15. The molecule has 4 aromatic rings. The van der Waals surface area contributed by atoms with Crippen molar-refractivity contribution in [3.8, 4) is 17.2 Å². The van der Waals surface area contributed by atoms with Gasteiger partial charge in [0.15, 0.2) is 11.5 Å². The number of hydrogen-bond donors (Lipinski definition) is 0. The highest BCUT2D eigenvalue weighted by atomic mass is 16.7. The van der Waals surface area contributed by atoms with Crippen LogP contribution in [0.4, 0.5) is 0 Å². The van der Waals surface area contributed by atoms with Gasteiger partial charge in [-0.1, -0.05) is 62.7 Å². The van der Waals surface area contributed by atoms with E-state index in [-0.39, 0.29) is 18.1 Å².